The minimum atomic E-state index is -4.29. The standard InChI is InChI=1S/C11H16F3N3O2/c12-11(13,14)7-18-4-2-9-16-10(19-17-9)5-8-1-3-15-6-8/h8,15H,1-7H2. The summed E-state index contributed by atoms with van der Waals surface area (Å²) < 4.78 is 45.0. The van der Waals surface area contributed by atoms with Crippen molar-refractivity contribution < 1.29 is 22.4 Å². The van der Waals surface area contributed by atoms with Crippen LogP contribution in [0.4, 0.5) is 13.2 Å². The van der Waals surface area contributed by atoms with E-state index in [2.05, 4.69) is 20.2 Å². The molecule has 0 spiro atoms. The predicted octanol–water partition coefficient (Wildman–Crippen LogP) is 1.34. The number of alkyl halides is 3. The van der Waals surface area contributed by atoms with Crippen molar-refractivity contribution in [3.63, 3.8) is 0 Å². The summed E-state index contributed by atoms with van der Waals surface area (Å²) in [5.74, 6) is 1.43. The molecule has 1 N–H and O–H groups in total. The van der Waals surface area contributed by atoms with Gasteiger partial charge in [0, 0.05) is 12.8 Å². The summed E-state index contributed by atoms with van der Waals surface area (Å²) in [5, 5.41) is 6.96. The van der Waals surface area contributed by atoms with E-state index >= 15 is 0 Å². The van der Waals surface area contributed by atoms with E-state index in [-0.39, 0.29) is 13.0 Å². The lowest BCUT2D eigenvalue weighted by Crippen LogP contribution is -2.18. The highest BCUT2D eigenvalue weighted by molar-refractivity contribution is 4.89. The largest absolute Gasteiger partial charge is 0.411 e. The fraction of sp³-hybridized carbons (Fsp3) is 0.818. The third-order valence-electron chi connectivity index (χ3n) is 2.87. The molecule has 1 unspecified atom stereocenters. The minimum Gasteiger partial charge on any atom is -0.372 e. The first-order valence-electron chi connectivity index (χ1n) is 6.19. The fourth-order valence-corrected chi connectivity index (χ4v) is 1.96. The summed E-state index contributed by atoms with van der Waals surface area (Å²) in [6.45, 7) is 0.623. The number of nitrogens with zero attached hydrogens (tertiary/aromatic N) is 2. The molecule has 0 radical (unpaired) electrons. The summed E-state index contributed by atoms with van der Waals surface area (Å²) in [7, 11) is 0. The van der Waals surface area contributed by atoms with E-state index in [1.807, 2.05) is 0 Å². The Hall–Kier alpha value is -1.15. The molecule has 1 aliphatic rings. The number of aromatic nitrogens is 2. The molecule has 2 rings (SSSR count). The molecule has 0 amide bonds. The van der Waals surface area contributed by atoms with E-state index in [1.54, 1.807) is 0 Å². The van der Waals surface area contributed by atoms with Gasteiger partial charge >= 0.3 is 6.18 Å². The zero-order chi connectivity index (χ0) is 13.7. The number of halogens is 3. The molecule has 1 atom stereocenters. The number of hydrogen-bond acceptors (Lipinski definition) is 5. The van der Waals surface area contributed by atoms with Crippen molar-refractivity contribution in [3.8, 4) is 0 Å². The third-order valence-corrected chi connectivity index (χ3v) is 2.87. The summed E-state index contributed by atoms with van der Waals surface area (Å²) >= 11 is 0. The number of nitrogens with one attached hydrogen (secondary N) is 1. The smallest absolute Gasteiger partial charge is 0.372 e. The summed E-state index contributed by atoms with van der Waals surface area (Å²) in [4.78, 5) is 4.14. The Morgan fingerprint density at radius 1 is 1.42 bits per heavy atom. The van der Waals surface area contributed by atoms with Crippen molar-refractivity contribution in [2.24, 2.45) is 5.92 Å². The lowest BCUT2D eigenvalue weighted by atomic mass is 10.1. The quantitative estimate of drug-likeness (QED) is 0.796. The van der Waals surface area contributed by atoms with Crippen LogP contribution >= 0.6 is 0 Å². The highest BCUT2D eigenvalue weighted by atomic mass is 19.4. The molecule has 5 nitrogen and oxygen atoms in total. The van der Waals surface area contributed by atoms with Crippen LogP contribution in [-0.2, 0) is 17.6 Å². The van der Waals surface area contributed by atoms with Gasteiger partial charge in [-0.2, -0.15) is 18.2 Å². The van der Waals surface area contributed by atoms with Gasteiger partial charge in [0.2, 0.25) is 5.89 Å². The first-order valence-corrected chi connectivity index (χ1v) is 6.19. The minimum absolute atomic E-state index is 0.0660. The van der Waals surface area contributed by atoms with Crippen LogP contribution in [0.2, 0.25) is 0 Å². The lowest BCUT2D eigenvalue weighted by Gasteiger charge is -2.05. The predicted molar refractivity (Wildman–Crippen MR) is 59.6 cm³/mol. The molecular formula is C11H16F3N3O2. The number of ether oxygens (including phenoxy) is 1. The van der Waals surface area contributed by atoms with E-state index in [0.717, 1.165) is 19.5 Å². The Morgan fingerprint density at radius 2 is 2.26 bits per heavy atom. The highest BCUT2D eigenvalue weighted by Gasteiger charge is 2.27. The average molecular weight is 279 g/mol. The van der Waals surface area contributed by atoms with Crippen molar-refractivity contribution in [2.75, 3.05) is 26.3 Å². The zero-order valence-corrected chi connectivity index (χ0v) is 10.4. The molecule has 19 heavy (non-hydrogen) atoms. The Labute approximate surface area is 108 Å². The normalized spacial score (nSPS) is 20.1. The monoisotopic (exact) mass is 279 g/mol. The van der Waals surface area contributed by atoms with Crippen molar-refractivity contribution in [1.82, 2.24) is 15.5 Å². The fourth-order valence-electron chi connectivity index (χ4n) is 1.96. The molecule has 0 aliphatic carbocycles. The Kier molecular flexibility index (Phi) is 4.76. The molecule has 1 fully saturated rings. The second kappa shape index (κ2) is 6.33. The number of rotatable bonds is 6. The third kappa shape index (κ3) is 5.15. The van der Waals surface area contributed by atoms with Gasteiger partial charge in [-0.05, 0) is 25.4 Å². The van der Waals surface area contributed by atoms with Gasteiger partial charge in [-0.15, -0.1) is 0 Å². The van der Waals surface area contributed by atoms with Crippen molar-refractivity contribution in [2.45, 2.75) is 25.4 Å². The van der Waals surface area contributed by atoms with Gasteiger partial charge in [0.1, 0.15) is 6.61 Å². The van der Waals surface area contributed by atoms with Crippen LogP contribution in [0.15, 0.2) is 4.52 Å². The van der Waals surface area contributed by atoms with Crippen molar-refractivity contribution in [3.05, 3.63) is 11.7 Å². The Balaban J connectivity index is 1.68. The Bertz CT molecular complexity index is 389. The summed E-state index contributed by atoms with van der Waals surface area (Å²) in [6, 6.07) is 0. The van der Waals surface area contributed by atoms with Crippen LogP contribution in [-0.4, -0.2) is 42.6 Å². The van der Waals surface area contributed by atoms with E-state index in [9.17, 15) is 13.2 Å². The summed E-state index contributed by atoms with van der Waals surface area (Å²) in [5.41, 5.74) is 0. The van der Waals surface area contributed by atoms with Crippen LogP contribution in [0.5, 0.6) is 0 Å². The molecule has 2 heterocycles. The van der Waals surface area contributed by atoms with Gasteiger partial charge in [0.15, 0.2) is 5.82 Å². The van der Waals surface area contributed by atoms with E-state index in [0.29, 0.717) is 24.1 Å². The molecule has 0 bridgehead atoms. The highest BCUT2D eigenvalue weighted by Crippen LogP contribution is 2.15. The molecule has 1 aromatic rings. The average Bonchev–Trinajstić information content (AvgIpc) is 2.96. The molecule has 0 aromatic carbocycles. The van der Waals surface area contributed by atoms with Crippen LogP contribution in [0.1, 0.15) is 18.1 Å². The lowest BCUT2D eigenvalue weighted by molar-refractivity contribution is -0.173. The summed E-state index contributed by atoms with van der Waals surface area (Å²) in [6.07, 6.45) is -2.28. The van der Waals surface area contributed by atoms with Crippen LogP contribution in [0.25, 0.3) is 0 Å². The van der Waals surface area contributed by atoms with E-state index in [1.165, 1.54) is 0 Å². The molecule has 0 saturated carbocycles. The first-order chi connectivity index (χ1) is 9.03. The topological polar surface area (TPSA) is 60.2 Å². The first kappa shape index (κ1) is 14.3. The second-order valence-corrected chi connectivity index (χ2v) is 4.59. The van der Waals surface area contributed by atoms with Gasteiger partial charge in [-0.1, -0.05) is 5.16 Å². The maximum Gasteiger partial charge on any atom is 0.411 e. The van der Waals surface area contributed by atoms with Crippen LogP contribution < -0.4 is 5.32 Å². The maximum absolute atomic E-state index is 11.8. The molecule has 1 saturated heterocycles. The SMILES string of the molecule is FC(F)(F)COCCc1noc(CC2CCNC2)n1. The number of hydrogen-bond donors (Lipinski definition) is 1. The molecular weight excluding hydrogens is 263 g/mol. The molecule has 1 aliphatic heterocycles. The van der Waals surface area contributed by atoms with Gasteiger partial charge in [-0.25, -0.2) is 0 Å². The van der Waals surface area contributed by atoms with E-state index in [4.69, 9.17) is 4.52 Å². The van der Waals surface area contributed by atoms with E-state index < -0.39 is 12.8 Å². The van der Waals surface area contributed by atoms with Crippen molar-refractivity contribution in [1.29, 1.82) is 0 Å². The zero-order valence-electron chi connectivity index (χ0n) is 10.4. The van der Waals surface area contributed by atoms with Crippen LogP contribution in [0.3, 0.4) is 0 Å². The van der Waals surface area contributed by atoms with Gasteiger partial charge in [0.25, 0.3) is 0 Å². The molecule has 1 aromatic heterocycles. The van der Waals surface area contributed by atoms with Gasteiger partial charge in [0.05, 0.1) is 6.61 Å². The Morgan fingerprint density at radius 3 is 2.95 bits per heavy atom. The molecule has 8 heteroatoms. The van der Waals surface area contributed by atoms with Gasteiger partial charge < -0.3 is 14.6 Å². The maximum atomic E-state index is 11.8. The molecule has 108 valence electrons. The van der Waals surface area contributed by atoms with Crippen molar-refractivity contribution >= 4 is 0 Å². The van der Waals surface area contributed by atoms with Crippen LogP contribution in [0, 0.1) is 5.92 Å². The second-order valence-electron chi connectivity index (χ2n) is 4.59. The van der Waals surface area contributed by atoms with Gasteiger partial charge in [-0.3, -0.25) is 0 Å².